The molecule has 2 aromatic rings. The van der Waals surface area contributed by atoms with Gasteiger partial charge in [-0.1, -0.05) is 43.6 Å². The molecule has 0 fully saturated rings. The Bertz CT molecular complexity index is 676. The lowest BCUT2D eigenvalue weighted by Crippen LogP contribution is -2.36. The topological polar surface area (TPSA) is 41.9 Å². The van der Waals surface area contributed by atoms with Gasteiger partial charge in [0.1, 0.15) is 24.2 Å². The summed E-state index contributed by atoms with van der Waals surface area (Å²) in [6, 6.07) is 15.2. The van der Waals surface area contributed by atoms with Crippen LogP contribution in [-0.2, 0) is 6.54 Å². The fraction of sp³-hybridized carbons (Fsp3) is 0.455. The fourth-order valence-corrected chi connectivity index (χ4v) is 2.95. The summed E-state index contributed by atoms with van der Waals surface area (Å²) >= 11 is 5.88. The molecule has 0 amide bonds. The number of nitrogens with zero attached hydrogens (tertiary/aromatic N) is 1. The Labute approximate surface area is 167 Å². The van der Waals surface area contributed by atoms with Crippen molar-refractivity contribution in [3.05, 3.63) is 59.1 Å². The van der Waals surface area contributed by atoms with E-state index in [1.54, 1.807) is 31.4 Å². The lowest BCUT2D eigenvalue weighted by atomic mass is 10.1. The number of rotatable bonds is 11. The maximum atomic E-state index is 10.5. The summed E-state index contributed by atoms with van der Waals surface area (Å²) in [6.45, 7) is 6.84. The van der Waals surface area contributed by atoms with Crippen LogP contribution in [0.5, 0.6) is 11.5 Å². The summed E-state index contributed by atoms with van der Waals surface area (Å²) in [7, 11) is 1.69. The number of hydrogen-bond donors (Lipinski definition) is 1. The molecule has 0 aliphatic heterocycles. The molecule has 0 bridgehead atoms. The molecule has 27 heavy (non-hydrogen) atoms. The number of hydrogen-bond acceptors (Lipinski definition) is 4. The van der Waals surface area contributed by atoms with Crippen LogP contribution in [0.3, 0.4) is 0 Å². The second-order valence-electron chi connectivity index (χ2n) is 7.15. The summed E-state index contributed by atoms with van der Waals surface area (Å²) in [4.78, 5) is 2.26. The van der Waals surface area contributed by atoms with E-state index in [1.807, 2.05) is 18.2 Å². The Hall–Kier alpha value is -1.75. The van der Waals surface area contributed by atoms with E-state index in [0.717, 1.165) is 30.8 Å². The first kappa shape index (κ1) is 21.5. The minimum absolute atomic E-state index is 0.242. The van der Waals surface area contributed by atoms with E-state index in [2.05, 4.69) is 24.8 Å². The second-order valence-corrected chi connectivity index (χ2v) is 7.58. The molecule has 0 heterocycles. The highest BCUT2D eigenvalue weighted by atomic mass is 35.5. The van der Waals surface area contributed by atoms with Gasteiger partial charge in [0, 0.05) is 23.7 Å². The van der Waals surface area contributed by atoms with Crippen molar-refractivity contribution in [3.63, 3.8) is 0 Å². The molecule has 0 spiro atoms. The van der Waals surface area contributed by atoms with Crippen LogP contribution in [0.4, 0.5) is 0 Å². The Morgan fingerprint density at radius 2 is 1.78 bits per heavy atom. The van der Waals surface area contributed by atoms with Crippen molar-refractivity contribution < 1.29 is 14.6 Å². The van der Waals surface area contributed by atoms with Crippen molar-refractivity contribution in [3.8, 4) is 11.5 Å². The molecule has 0 aliphatic rings. The molecule has 2 aromatic carbocycles. The molecule has 2 rings (SSSR count). The summed E-state index contributed by atoms with van der Waals surface area (Å²) in [5, 5.41) is 11.1. The maximum absolute atomic E-state index is 10.5. The van der Waals surface area contributed by atoms with Crippen LogP contribution < -0.4 is 9.47 Å². The molecule has 148 valence electrons. The van der Waals surface area contributed by atoms with E-state index in [4.69, 9.17) is 21.1 Å². The maximum Gasteiger partial charge on any atom is 0.123 e. The van der Waals surface area contributed by atoms with Crippen molar-refractivity contribution in [2.24, 2.45) is 5.92 Å². The minimum Gasteiger partial charge on any atom is -0.496 e. The lowest BCUT2D eigenvalue weighted by Gasteiger charge is -2.26. The third-order valence-electron chi connectivity index (χ3n) is 4.33. The van der Waals surface area contributed by atoms with Gasteiger partial charge in [-0.3, -0.25) is 4.90 Å². The predicted molar refractivity (Wildman–Crippen MR) is 111 cm³/mol. The fourth-order valence-electron chi connectivity index (χ4n) is 2.82. The van der Waals surface area contributed by atoms with E-state index >= 15 is 0 Å². The van der Waals surface area contributed by atoms with Crippen LogP contribution in [0.15, 0.2) is 48.5 Å². The Kier molecular flexibility index (Phi) is 8.92. The van der Waals surface area contributed by atoms with Crippen molar-refractivity contribution >= 4 is 11.6 Å². The Balaban J connectivity index is 1.94. The third kappa shape index (κ3) is 7.79. The molecule has 0 saturated heterocycles. The van der Waals surface area contributed by atoms with E-state index in [9.17, 15) is 5.11 Å². The van der Waals surface area contributed by atoms with Crippen molar-refractivity contribution in [1.29, 1.82) is 0 Å². The van der Waals surface area contributed by atoms with Crippen LogP contribution >= 0.6 is 11.6 Å². The molecule has 1 atom stereocenters. The van der Waals surface area contributed by atoms with Gasteiger partial charge in [0.05, 0.1) is 7.11 Å². The van der Waals surface area contributed by atoms with Crippen LogP contribution in [0, 0.1) is 5.92 Å². The highest BCUT2D eigenvalue weighted by Crippen LogP contribution is 2.20. The largest absolute Gasteiger partial charge is 0.496 e. The zero-order chi connectivity index (χ0) is 19.6. The van der Waals surface area contributed by atoms with E-state index < -0.39 is 6.10 Å². The van der Waals surface area contributed by atoms with Gasteiger partial charge in [0.25, 0.3) is 0 Å². The van der Waals surface area contributed by atoms with Gasteiger partial charge in [0.15, 0.2) is 0 Å². The molecule has 0 saturated carbocycles. The second kappa shape index (κ2) is 11.2. The van der Waals surface area contributed by atoms with Crippen molar-refractivity contribution in [1.82, 2.24) is 4.90 Å². The standard InChI is InChI=1S/C22H30ClNO3/c1-17(2)12-13-24(14-18-6-4-5-7-22(18)26-3)15-20(25)16-27-21-10-8-19(23)9-11-21/h4-11,17,20,25H,12-16H2,1-3H3. The first-order valence-electron chi connectivity index (χ1n) is 9.38. The lowest BCUT2D eigenvalue weighted by molar-refractivity contribution is 0.0637. The molecular formula is C22H30ClNO3. The quantitative estimate of drug-likeness (QED) is 0.606. The summed E-state index contributed by atoms with van der Waals surface area (Å²) < 4.78 is 11.2. The smallest absolute Gasteiger partial charge is 0.123 e. The zero-order valence-corrected chi connectivity index (χ0v) is 17.2. The van der Waals surface area contributed by atoms with Gasteiger partial charge in [-0.15, -0.1) is 0 Å². The number of ether oxygens (including phenoxy) is 2. The van der Waals surface area contributed by atoms with Gasteiger partial charge >= 0.3 is 0 Å². The van der Waals surface area contributed by atoms with Crippen LogP contribution in [0.2, 0.25) is 5.02 Å². The molecule has 0 aliphatic carbocycles. The summed E-state index contributed by atoms with van der Waals surface area (Å²) in [5.74, 6) is 2.18. The number of aliphatic hydroxyl groups is 1. The molecule has 1 N–H and O–H groups in total. The van der Waals surface area contributed by atoms with Crippen LogP contribution in [0.25, 0.3) is 0 Å². The highest BCUT2D eigenvalue weighted by molar-refractivity contribution is 6.30. The molecule has 5 heteroatoms. The van der Waals surface area contributed by atoms with Gasteiger partial charge < -0.3 is 14.6 Å². The number of aliphatic hydroxyl groups excluding tert-OH is 1. The van der Waals surface area contributed by atoms with Gasteiger partial charge in [-0.25, -0.2) is 0 Å². The van der Waals surface area contributed by atoms with E-state index in [0.29, 0.717) is 23.2 Å². The molecule has 0 radical (unpaired) electrons. The number of halogens is 1. The Morgan fingerprint density at radius 3 is 2.44 bits per heavy atom. The average Bonchev–Trinajstić information content (AvgIpc) is 2.66. The summed E-state index contributed by atoms with van der Waals surface area (Å²) in [6.07, 6.45) is 0.488. The average molecular weight is 392 g/mol. The van der Waals surface area contributed by atoms with Crippen LogP contribution in [-0.4, -0.2) is 42.9 Å². The molecule has 1 unspecified atom stereocenters. The number of methoxy groups -OCH3 is 1. The zero-order valence-electron chi connectivity index (χ0n) is 16.4. The first-order chi connectivity index (χ1) is 13.0. The number of benzene rings is 2. The van der Waals surface area contributed by atoms with Crippen LogP contribution in [0.1, 0.15) is 25.8 Å². The van der Waals surface area contributed by atoms with Gasteiger partial charge in [-0.05, 0) is 49.2 Å². The summed E-state index contributed by atoms with van der Waals surface area (Å²) in [5.41, 5.74) is 1.12. The molecular weight excluding hydrogens is 362 g/mol. The molecule has 4 nitrogen and oxygen atoms in total. The number of para-hydroxylation sites is 1. The highest BCUT2D eigenvalue weighted by Gasteiger charge is 2.15. The molecule has 0 aromatic heterocycles. The Morgan fingerprint density at radius 1 is 1.07 bits per heavy atom. The van der Waals surface area contributed by atoms with Crippen molar-refractivity contribution in [2.75, 3.05) is 26.8 Å². The van der Waals surface area contributed by atoms with Gasteiger partial charge in [-0.2, -0.15) is 0 Å². The van der Waals surface area contributed by atoms with Crippen molar-refractivity contribution in [2.45, 2.75) is 32.9 Å². The predicted octanol–water partition coefficient (Wildman–Crippen LogP) is 4.64. The van der Waals surface area contributed by atoms with Gasteiger partial charge in [0.2, 0.25) is 0 Å². The minimum atomic E-state index is -0.581. The first-order valence-corrected chi connectivity index (χ1v) is 9.76. The normalized spacial score (nSPS) is 12.4. The van der Waals surface area contributed by atoms with E-state index in [1.165, 1.54) is 0 Å². The third-order valence-corrected chi connectivity index (χ3v) is 4.59. The van der Waals surface area contributed by atoms with E-state index in [-0.39, 0.29) is 6.61 Å². The monoisotopic (exact) mass is 391 g/mol. The SMILES string of the molecule is COc1ccccc1CN(CCC(C)C)CC(O)COc1ccc(Cl)cc1.